The summed E-state index contributed by atoms with van der Waals surface area (Å²) < 4.78 is 28.5. The lowest BCUT2D eigenvalue weighted by atomic mass is 10.1. The minimum Gasteiger partial charge on any atom is -0.354 e. The number of sulfonamides is 1. The van der Waals surface area contributed by atoms with Crippen molar-refractivity contribution in [3.63, 3.8) is 0 Å². The van der Waals surface area contributed by atoms with Crippen molar-refractivity contribution in [2.45, 2.75) is 38.3 Å². The van der Waals surface area contributed by atoms with E-state index < -0.39 is 28.5 Å². The van der Waals surface area contributed by atoms with Gasteiger partial charge < -0.3 is 10.2 Å². The van der Waals surface area contributed by atoms with Crippen molar-refractivity contribution in [3.05, 3.63) is 93.4 Å². The van der Waals surface area contributed by atoms with E-state index >= 15 is 0 Å². The Balaban J connectivity index is 2.04. The Hall–Kier alpha value is -2.78. The van der Waals surface area contributed by atoms with Gasteiger partial charge in [-0.15, -0.1) is 0 Å². The predicted octanol–water partition coefficient (Wildman–Crippen LogP) is 6.03. The molecule has 0 aliphatic heterocycles. The van der Waals surface area contributed by atoms with Crippen LogP contribution in [0.15, 0.2) is 77.7 Å². The van der Waals surface area contributed by atoms with Crippen LogP contribution in [0.3, 0.4) is 0 Å². The van der Waals surface area contributed by atoms with Crippen LogP contribution in [0.4, 0.5) is 5.69 Å². The average Bonchev–Trinajstić information content (AvgIpc) is 2.91. The number of amides is 2. The maximum absolute atomic E-state index is 13.9. The van der Waals surface area contributed by atoms with E-state index in [0.29, 0.717) is 11.6 Å². The molecule has 0 unspecified atom stereocenters. The first-order valence-electron chi connectivity index (χ1n) is 12.2. The van der Waals surface area contributed by atoms with E-state index in [1.54, 1.807) is 55.5 Å². The molecule has 0 saturated heterocycles. The molecule has 0 spiro atoms. The number of nitrogens with one attached hydrogen (secondary N) is 1. The molecule has 2 amide bonds. The molecule has 39 heavy (non-hydrogen) atoms. The first-order chi connectivity index (χ1) is 18.4. The van der Waals surface area contributed by atoms with Crippen molar-refractivity contribution in [3.8, 4) is 0 Å². The van der Waals surface area contributed by atoms with Crippen LogP contribution in [0.1, 0.15) is 26.3 Å². The maximum atomic E-state index is 13.9. The van der Waals surface area contributed by atoms with E-state index in [1.807, 2.05) is 13.8 Å². The summed E-state index contributed by atoms with van der Waals surface area (Å²) in [6, 6.07) is 18.2. The van der Waals surface area contributed by atoms with E-state index in [-0.39, 0.29) is 39.0 Å². The Morgan fingerprint density at radius 3 is 2.13 bits per heavy atom. The number of carbonyl (C=O) groups excluding carboxylic acids is 2. The fourth-order valence-electron chi connectivity index (χ4n) is 3.74. The van der Waals surface area contributed by atoms with E-state index in [1.165, 1.54) is 29.2 Å². The zero-order chi connectivity index (χ0) is 28.7. The van der Waals surface area contributed by atoms with Gasteiger partial charge in [0.15, 0.2) is 0 Å². The van der Waals surface area contributed by atoms with Gasteiger partial charge >= 0.3 is 0 Å². The van der Waals surface area contributed by atoms with Gasteiger partial charge in [0.25, 0.3) is 10.0 Å². The lowest BCUT2D eigenvalue weighted by Gasteiger charge is -2.32. The number of rotatable bonds is 11. The highest BCUT2D eigenvalue weighted by atomic mass is 35.5. The van der Waals surface area contributed by atoms with Gasteiger partial charge in [-0.2, -0.15) is 0 Å². The molecular formula is C28H30Cl3N3O4S. The highest BCUT2D eigenvalue weighted by Gasteiger charge is 2.33. The molecular weight excluding hydrogens is 581 g/mol. The molecule has 0 saturated carbocycles. The van der Waals surface area contributed by atoms with Crippen LogP contribution in [-0.4, -0.2) is 44.3 Å². The third-order valence-corrected chi connectivity index (χ3v) is 8.76. The largest absolute Gasteiger partial charge is 0.354 e. The quantitative estimate of drug-likeness (QED) is 0.287. The summed E-state index contributed by atoms with van der Waals surface area (Å²) >= 11 is 18.7. The first-order valence-corrected chi connectivity index (χ1v) is 14.8. The van der Waals surface area contributed by atoms with Crippen LogP contribution >= 0.6 is 34.8 Å². The van der Waals surface area contributed by atoms with Gasteiger partial charge in [0.05, 0.1) is 20.6 Å². The number of halogens is 3. The molecule has 0 bridgehead atoms. The number of hydrogen-bond donors (Lipinski definition) is 1. The minimum absolute atomic E-state index is 0.0153. The molecule has 11 heteroatoms. The topological polar surface area (TPSA) is 86.8 Å². The molecule has 3 aromatic carbocycles. The highest BCUT2D eigenvalue weighted by molar-refractivity contribution is 7.92. The van der Waals surface area contributed by atoms with E-state index in [9.17, 15) is 18.0 Å². The van der Waals surface area contributed by atoms with E-state index in [2.05, 4.69) is 5.32 Å². The van der Waals surface area contributed by atoms with Crippen molar-refractivity contribution in [1.29, 1.82) is 0 Å². The van der Waals surface area contributed by atoms with Crippen LogP contribution in [0, 0.1) is 5.92 Å². The number of hydrogen-bond acceptors (Lipinski definition) is 4. The Bertz CT molecular complexity index is 1400. The SMILES string of the molecule is CC(C)CNC(=O)[C@H](C)N(Cc1ccc(Cl)cc1)C(=O)CN(c1cccc(Cl)c1Cl)S(=O)(=O)c1ccccc1. The van der Waals surface area contributed by atoms with Crippen molar-refractivity contribution in [2.24, 2.45) is 5.92 Å². The second-order valence-corrected chi connectivity index (χ2v) is 12.4. The highest BCUT2D eigenvalue weighted by Crippen LogP contribution is 2.35. The first kappa shape index (κ1) is 30.8. The summed E-state index contributed by atoms with van der Waals surface area (Å²) in [5.41, 5.74) is 0.763. The molecule has 0 aliphatic rings. The van der Waals surface area contributed by atoms with E-state index in [4.69, 9.17) is 34.8 Å². The zero-order valence-electron chi connectivity index (χ0n) is 21.8. The van der Waals surface area contributed by atoms with Crippen LogP contribution in [-0.2, 0) is 26.2 Å². The number of nitrogens with zero attached hydrogens (tertiary/aromatic N) is 2. The Kier molecular flexibility index (Phi) is 10.7. The van der Waals surface area contributed by atoms with Gasteiger partial charge in [-0.3, -0.25) is 13.9 Å². The molecule has 3 rings (SSSR count). The molecule has 3 aromatic rings. The third-order valence-electron chi connectivity index (χ3n) is 5.93. The summed E-state index contributed by atoms with van der Waals surface area (Å²) in [6.45, 7) is 5.39. The van der Waals surface area contributed by atoms with Gasteiger partial charge in [0.2, 0.25) is 11.8 Å². The lowest BCUT2D eigenvalue weighted by Crippen LogP contribution is -2.51. The molecule has 0 heterocycles. The van der Waals surface area contributed by atoms with Gasteiger partial charge in [-0.1, -0.05) is 85.0 Å². The number of anilines is 1. The Labute approximate surface area is 244 Å². The van der Waals surface area contributed by atoms with Crippen molar-refractivity contribution >= 4 is 62.3 Å². The Morgan fingerprint density at radius 1 is 0.872 bits per heavy atom. The lowest BCUT2D eigenvalue weighted by molar-refractivity contribution is -0.139. The maximum Gasteiger partial charge on any atom is 0.264 e. The summed E-state index contributed by atoms with van der Waals surface area (Å²) in [5.74, 6) is -0.755. The molecule has 0 aromatic heterocycles. The second-order valence-electron chi connectivity index (χ2n) is 9.36. The smallest absolute Gasteiger partial charge is 0.264 e. The minimum atomic E-state index is -4.24. The summed E-state index contributed by atoms with van der Waals surface area (Å²) in [7, 11) is -4.24. The fraction of sp³-hybridized carbons (Fsp3) is 0.286. The van der Waals surface area contributed by atoms with Crippen LogP contribution in [0.5, 0.6) is 0 Å². The molecule has 1 N–H and O–H groups in total. The molecule has 1 atom stereocenters. The van der Waals surface area contributed by atoms with E-state index in [0.717, 1.165) is 9.87 Å². The molecule has 0 fully saturated rings. The monoisotopic (exact) mass is 609 g/mol. The van der Waals surface area contributed by atoms with Crippen LogP contribution < -0.4 is 9.62 Å². The third kappa shape index (κ3) is 7.88. The average molecular weight is 611 g/mol. The van der Waals surface area contributed by atoms with Crippen molar-refractivity contribution in [1.82, 2.24) is 10.2 Å². The number of benzene rings is 3. The summed E-state index contributed by atoms with van der Waals surface area (Å²) in [6.07, 6.45) is 0. The van der Waals surface area contributed by atoms with Gasteiger partial charge in [-0.05, 0) is 54.8 Å². The molecule has 208 valence electrons. The van der Waals surface area contributed by atoms with Crippen molar-refractivity contribution < 1.29 is 18.0 Å². The zero-order valence-corrected chi connectivity index (χ0v) is 24.9. The normalized spacial score (nSPS) is 12.2. The number of carbonyl (C=O) groups is 2. The molecule has 7 nitrogen and oxygen atoms in total. The Morgan fingerprint density at radius 2 is 1.51 bits per heavy atom. The van der Waals surface area contributed by atoms with Gasteiger partial charge in [0, 0.05) is 18.1 Å². The standard InChI is InChI=1S/C28H30Cl3N3O4S/c1-19(2)16-32-28(36)20(3)33(17-21-12-14-22(29)15-13-21)26(35)18-34(25-11-7-10-24(30)27(25)31)39(37,38)23-8-5-4-6-9-23/h4-15,19-20H,16-18H2,1-3H3,(H,32,36)/t20-/m0/s1. The van der Waals surface area contributed by atoms with Gasteiger partial charge in [-0.25, -0.2) is 8.42 Å². The second kappa shape index (κ2) is 13.5. The van der Waals surface area contributed by atoms with Crippen molar-refractivity contribution in [2.75, 3.05) is 17.4 Å². The molecule has 0 aliphatic carbocycles. The fourth-order valence-corrected chi connectivity index (χ4v) is 5.76. The summed E-state index contributed by atoms with van der Waals surface area (Å²) in [4.78, 5) is 28.2. The predicted molar refractivity (Wildman–Crippen MR) is 157 cm³/mol. The van der Waals surface area contributed by atoms with Crippen LogP contribution in [0.25, 0.3) is 0 Å². The molecule has 0 radical (unpaired) electrons. The summed E-state index contributed by atoms with van der Waals surface area (Å²) in [5, 5.41) is 3.49. The van der Waals surface area contributed by atoms with Gasteiger partial charge in [0.1, 0.15) is 12.6 Å². The van der Waals surface area contributed by atoms with Crippen LogP contribution in [0.2, 0.25) is 15.1 Å².